The van der Waals surface area contributed by atoms with Gasteiger partial charge >= 0.3 is 5.97 Å². The van der Waals surface area contributed by atoms with Crippen molar-refractivity contribution in [3.8, 4) is 0 Å². The molecule has 1 rings (SSSR count). The van der Waals surface area contributed by atoms with Gasteiger partial charge in [-0.15, -0.1) is 0 Å². The number of carbonyl (C=O) groups excluding carboxylic acids is 3. The summed E-state index contributed by atoms with van der Waals surface area (Å²) < 4.78 is 5.12. The van der Waals surface area contributed by atoms with E-state index in [1.807, 2.05) is 13.8 Å². The fourth-order valence-corrected chi connectivity index (χ4v) is 3.05. The molecule has 0 saturated heterocycles. The van der Waals surface area contributed by atoms with Crippen LogP contribution < -0.4 is 0 Å². The first-order chi connectivity index (χ1) is 14.0. The van der Waals surface area contributed by atoms with Crippen LogP contribution in [-0.2, 0) is 19.1 Å². The van der Waals surface area contributed by atoms with Crippen LogP contribution in [0, 0.1) is 0 Å². The van der Waals surface area contributed by atoms with Crippen molar-refractivity contribution in [3.63, 3.8) is 0 Å². The summed E-state index contributed by atoms with van der Waals surface area (Å²) in [5.74, 6) is -0.276. The molecular weight excluding hydrogens is 364 g/mol. The molecule has 0 heterocycles. The number of rotatable bonds is 15. The van der Waals surface area contributed by atoms with E-state index < -0.39 is 0 Å². The highest BCUT2D eigenvalue weighted by atomic mass is 16.5. The Morgan fingerprint density at radius 3 is 1.38 bits per heavy atom. The third-order valence-corrected chi connectivity index (χ3v) is 4.68. The van der Waals surface area contributed by atoms with Crippen LogP contribution in [0.2, 0.25) is 0 Å². The number of esters is 1. The standard InChI is InChI=1S/C19H38O2.C6H4O2/c1-4-5-6-7-8-9-10-11-12-13-14-15-16-17-19(20)21-18(2)3;7-5-1-2-6(8)4-3-5/h18H,4-17H2,1-3H3;1-4H. The Morgan fingerprint density at radius 2 is 1.03 bits per heavy atom. The molecule has 0 amide bonds. The molecule has 1 aliphatic rings. The van der Waals surface area contributed by atoms with Crippen molar-refractivity contribution in [1.29, 1.82) is 0 Å². The zero-order valence-corrected chi connectivity index (χ0v) is 18.9. The monoisotopic (exact) mass is 406 g/mol. The normalized spacial score (nSPS) is 12.8. The van der Waals surface area contributed by atoms with Gasteiger partial charge in [-0.05, 0) is 44.6 Å². The lowest BCUT2D eigenvalue weighted by atomic mass is 10.0. The summed E-state index contributed by atoms with van der Waals surface area (Å²) in [6.07, 6.45) is 23.0. The highest BCUT2D eigenvalue weighted by Gasteiger charge is 2.04. The molecule has 0 radical (unpaired) electrons. The second kappa shape index (κ2) is 19.6. The molecule has 0 fully saturated rings. The van der Waals surface area contributed by atoms with E-state index in [1.165, 1.54) is 101 Å². The lowest BCUT2D eigenvalue weighted by Crippen LogP contribution is -2.10. The lowest BCUT2D eigenvalue weighted by Gasteiger charge is -2.07. The van der Waals surface area contributed by atoms with Crippen LogP contribution in [-0.4, -0.2) is 23.6 Å². The summed E-state index contributed by atoms with van der Waals surface area (Å²) in [7, 11) is 0. The topological polar surface area (TPSA) is 60.4 Å². The Kier molecular flexibility index (Phi) is 18.4. The van der Waals surface area contributed by atoms with Crippen molar-refractivity contribution in [3.05, 3.63) is 24.3 Å². The molecule has 0 N–H and O–H groups in total. The second-order valence-corrected chi connectivity index (χ2v) is 8.00. The van der Waals surface area contributed by atoms with Crippen LogP contribution in [0.25, 0.3) is 0 Å². The number of hydrogen-bond donors (Lipinski definition) is 0. The first-order valence-electron chi connectivity index (χ1n) is 11.6. The minimum atomic E-state index is -0.121. The summed E-state index contributed by atoms with van der Waals surface area (Å²) in [6, 6.07) is 0. The largest absolute Gasteiger partial charge is 0.463 e. The van der Waals surface area contributed by atoms with Gasteiger partial charge in [-0.1, -0.05) is 84.0 Å². The molecule has 1 aliphatic carbocycles. The predicted molar refractivity (Wildman–Crippen MR) is 120 cm³/mol. The van der Waals surface area contributed by atoms with Crippen molar-refractivity contribution < 1.29 is 19.1 Å². The molecule has 0 atom stereocenters. The molecule has 0 saturated carbocycles. The van der Waals surface area contributed by atoms with E-state index in [1.54, 1.807) is 0 Å². The van der Waals surface area contributed by atoms with Crippen LogP contribution in [0.4, 0.5) is 0 Å². The van der Waals surface area contributed by atoms with Gasteiger partial charge in [0.15, 0.2) is 11.6 Å². The van der Waals surface area contributed by atoms with E-state index in [0.717, 1.165) is 6.42 Å². The second-order valence-electron chi connectivity index (χ2n) is 8.00. The van der Waals surface area contributed by atoms with Gasteiger partial charge in [-0.2, -0.15) is 0 Å². The summed E-state index contributed by atoms with van der Waals surface area (Å²) in [4.78, 5) is 31.9. The van der Waals surface area contributed by atoms with Crippen LogP contribution in [0.15, 0.2) is 24.3 Å². The van der Waals surface area contributed by atoms with Gasteiger partial charge < -0.3 is 4.74 Å². The molecule has 4 nitrogen and oxygen atoms in total. The summed E-state index contributed by atoms with van der Waals surface area (Å²) in [5.41, 5.74) is 0. The van der Waals surface area contributed by atoms with Gasteiger partial charge in [0.25, 0.3) is 0 Å². The predicted octanol–water partition coefficient (Wildman–Crippen LogP) is 6.67. The third-order valence-electron chi connectivity index (χ3n) is 4.68. The Hall–Kier alpha value is -1.71. The summed E-state index contributed by atoms with van der Waals surface area (Å²) >= 11 is 0. The van der Waals surface area contributed by atoms with Gasteiger partial charge in [0, 0.05) is 6.42 Å². The van der Waals surface area contributed by atoms with Crippen molar-refractivity contribution >= 4 is 17.5 Å². The quantitative estimate of drug-likeness (QED) is 0.173. The van der Waals surface area contributed by atoms with Gasteiger partial charge in [-0.3, -0.25) is 14.4 Å². The number of unbranched alkanes of at least 4 members (excludes halogenated alkanes) is 12. The molecule has 0 aromatic rings. The van der Waals surface area contributed by atoms with Gasteiger partial charge in [0.1, 0.15) is 0 Å². The molecule has 29 heavy (non-hydrogen) atoms. The Labute approximate surface area is 178 Å². The number of hydrogen-bond acceptors (Lipinski definition) is 4. The van der Waals surface area contributed by atoms with Gasteiger partial charge in [0.2, 0.25) is 0 Å². The average Bonchev–Trinajstić information content (AvgIpc) is 2.68. The third kappa shape index (κ3) is 20.8. The first-order valence-corrected chi connectivity index (χ1v) is 11.6. The van der Waals surface area contributed by atoms with Crippen LogP contribution in [0.5, 0.6) is 0 Å². The molecule has 0 spiro atoms. The average molecular weight is 407 g/mol. The van der Waals surface area contributed by atoms with Gasteiger partial charge in [-0.25, -0.2) is 0 Å². The van der Waals surface area contributed by atoms with E-state index in [2.05, 4.69) is 6.92 Å². The van der Waals surface area contributed by atoms with Crippen molar-refractivity contribution in [2.45, 2.75) is 117 Å². The minimum Gasteiger partial charge on any atom is -0.463 e. The zero-order valence-electron chi connectivity index (χ0n) is 18.9. The SMILES string of the molecule is CCCCCCCCCCCCCCCC(=O)OC(C)C.O=C1C=CC(=O)C=C1. The number of ketones is 2. The number of allylic oxidation sites excluding steroid dienone is 4. The molecule has 166 valence electrons. The Balaban J connectivity index is 0.000000807. The molecular formula is C25H42O4. The minimum absolute atomic E-state index is 0.0273. The van der Waals surface area contributed by atoms with E-state index in [9.17, 15) is 14.4 Å². The molecule has 0 aromatic carbocycles. The van der Waals surface area contributed by atoms with E-state index in [0.29, 0.717) is 6.42 Å². The van der Waals surface area contributed by atoms with Crippen molar-refractivity contribution in [2.75, 3.05) is 0 Å². The molecule has 0 aromatic heterocycles. The Bertz CT molecular complexity index is 465. The van der Waals surface area contributed by atoms with E-state index in [-0.39, 0.29) is 23.6 Å². The van der Waals surface area contributed by atoms with E-state index >= 15 is 0 Å². The number of ether oxygens (including phenoxy) is 1. The highest BCUT2D eigenvalue weighted by molar-refractivity contribution is 6.14. The molecule has 0 aliphatic heterocycles. The van der Waals surface area contributed by atoms with Crippen LogP contribution >= 0.6 is 0 Å². The Morgan fingerprint density at radius 1 is 0.690 bits per heavy atom. The van der Waals surface area contributed by atoms with E-state index in [4.69, 9.17) is 4.74 Å². The fourth-order valence-electron chi connectivity index (χ4n) is 3.05. The maximum Gasteiger partial charge on any atom is 0.306 e. The van der Waals surface area contributed by atoms with Crippen molar-refractivity contribution in [1.82, 2.24) is 0 Å². The fraction of sp³-hybridized carbons (Fsp3) is 0.720. The number of carbonyl (C=O) groups is 3. The highest BCUT2D eigenvalue weighted by Crippen LogP contribution is 2.13. The van der Waals surface area contributed by atoms with Crippen LogP contribution in [0.3, 0.4) is 0 Å². The summed E-state index contributed by atoms with van der Waals surface area (Å²) in [5, 5.41) is 0. The maximum absolute atomic E-state index is 11.3. The summed E-state index contributed by atoms with van der Waals surface area (Å²) in [6.45, 7) is 6.08. The smallest absolute Gasteiger partial charge is 0.306 e. The lowest BCUT2D eigenvalue weighted by molar-refractivity contribution is -0.147. The van der Waals surface area contributed by atoms with Gasteiger partial charge in [0.05, 0.1) is 6.10 Å². The van der Waals surface area contributed by atoms with Crippen molar-refractivity contribution in [2.24, 2.45) is 0 Å². The first kappa shape index (κ1) is 27.3. The molecule has 4 heteroatoms. The zero-order chi connectivity index (χ0) is 21.7. The van der Waals surface area contributed by atoms with Crippen LogP contribution in [0.1, 0.15) is 111 Å². The molecule has 0 unspecified atom stereocenters. The maximum atomic E-state index is 11.3. The molecule has 0 bridgehead atoms.